The third-order valence-corrected chi connectivity index (χ3v) is 8.14. The number of nitrogens with zero attached hydrogens (tertiary/aromatic N) is 2. The summed E-state index contributed by atoms with van der Waals surface area (Å²) >= 11 is 12.1. The fraction of sp³-hybridized carbons (Fsp3) is 0.464. The Labute approximate surface area is 236 Å². The van der Waals surface area contributed by atoms with Crippen molar-refractivity contribution in [3.05, 3.63) is 63.9 Å². The van der Waals surface area contributed by atoms with Crippen molar-refractivity contribution in [3.63, 3.8) is 0 Å². The highest BCUT2D eigenvalue weighted by Crippen LogP contribution is 2.30. The first-order chi connectivity index (χ1) is 18.6. The van der Waals surface area contributed by atoms with Gasteiger partial charge in [-0.25, -0.2) is 4.39 Å². The van der Waals surface area contributed by atoms with Gasteiger partial charge in [0, 0.05) is 38.0 Å². The highest BCUT2D eigenvalue weighted by molar-refractivity contribution is 6.42. The molecule has 210 valence electrons. The summed E-state index contributed by atoms with van der Waals surface area (Å²) in [5, 5.41) is 10.1. The molecule has 0 bridgehead atoms. The number of aliphatic carboxylic acids is 1. The van der Waals surface area contributed by atoms with E-state index in [0.29, 0.717) is 35.9 Å². The first-order valence-corrected chi connectivity index (χ1v) is 13.8. The largest absolute Gasteiger partial charge is 0.489 e. The monoisotopic (exact) mass is 579 g/mol. The molecule has 2 aromatic carbocycles. The molecule has 2 heterocycles. The SMILES string of the molecule is N[C@@H]1C[C@H]2C(=O)N([C@H](CCC(=O)O)C(=O)CCc3ccc(Cl)c(Cl)c3)CCC(COc3ccccc3F)N2C1. The lowest BCUT2D eigenvalue weighted by Crippen LogP contribution is -2.51. The van der Waals surface area contributed by atoms with E-state index in [2.05, 4.69) is 0 Å². The third kappa shape index (κ3) is 7.28. The van der Waals surface area contributed by atoms with Crippen LogP contribution in [0.1, 0.15) is 37.7 Å². The van der Waals surface area contributed by atoms with Crippen LogP contribution in [0.15, 0.2) is 42.5 Å². The van der Waals surface area contributed by atoms with E-state index in [1.807, 2.05) is 4.90 Å². The average molecular weight is 580 g/mol. The summed E-state index contributed by atoms with van der Waals surface area (Å²) in [6.07, 6.45) is 1.12. The fourth-order valence-corrected chi connectivity index (χ4v) is 5.73. The molecule has 2 saturated heterocycles. The van der Waals surface area contributed by atoms with Crippen LogP contribution in [0.4, 0.5) is 4.39 Å². The molecule has 8 nitrogen and oxygen atoms in total. The number of halogens is 3. The van der Waals surface area contributed by atoms with Gasteiger partial charge in [-0.3, -0.25) is 19.3 Å². The predicted molar refractivity (Wildman–Crippen MR) is 146 cm³/mol. The van der Waals surface area contributed by atoms with Crippen LogP contribution >= 0.6 is 23.2 Å². The maximum atomic E-state index is 14.1. The Bertz CT molecular complexity index is 1220. The molecule has 11 heteroatoms. The van der Waals surface area contributed by atoms with Crippen LogP contribution in [0.2, 0.25) is 10.0 Å². The zero-order chi connectivity index (χ0) is 28.1. The maximum Gasteiger partial charge on any atom is 0.303 e. The average Bonchev–Trinajstić information content (AvgIpc) is 3.24. The molecule has 2 aliphatic rings. The van der Waals surface area contributed by atoms with Crippen molar-refractivity contribution in [1.82, 2.24) is 9.80 Å². The number of hydrogen-bond donors (Lipinski definition) is 2. The van der Waals surface area contributed by atoms with E-state index in [1.165, 1.54) is 11.0 Å². The molecular formula is C28H32Cl2FN3O5. The van der Waals surface area contributed by atoms with Crippen LogP contribution in [0.3, 0.4) is 0 Å². The number of Topliss-reactive ketones (excluding diaryl/α,β-unsaturated/α-hetero) is 1. The number of carbonyl (C=O) groups is 3. The van der Waals surface area contributed by atoms with Crippen molar-refractivity contribution in [2.75, 3.05) is 19.7 Å². The molecule has 4 atom stereocenters. The van der Waals surface area contributed by atoms with Gasteiger partial charge >= 0.3 is 5.97 Å². The molecule has 0 aromatic heterocycles. The van der Waals surface area contributed by atoms with Crippen LogP contribution < -0.4 is 10.5 Å². The van der Waals surface area contributed by atoms with E-state index in [1.54, 1.807) is 36.4 Å². The Kier molecular flexibility index (Phi) is 9.82. The van der Waals surface area contributed by atoms with Gasteiger partial charge in [0.2, 0.25) is 5.91 Å². The minimum absolute atomic E-state index is 0.0104. The van der Waals surface area contributed by atoms with E-state index in [-0.39, 0.29) is 61.9 Å². The fourth-order valence-electron chi connectivity index (χ4n) is 5.41. The topological polar surface area (TPSA) is 113 Å². The van der Waals surface area contributed by atoms with Gasteiger partial charge in [-0.15, -0.1) is 0 Å². The van der Waals surface area contributed by atoms with Crippen LogP contribution in [-0.4, -0.2) is 76.4 Å². The molecule has 4 rings (SSSR count). The highest BCUT2D eigenvalue weighted by atomic mass is 35.5. The minimum Gasteiger partial charge on any atom is -0.489 e. The Morgan fingerprint density at radius 2 is 1.92 bits per heavy atom. The quantitative estimate of drug-likeness (QED) is 0.414. The zero-order valence-corrected chi connectivity index (χ0v) is 22.9. The Hall–Kier alpha value is -2.72. The number of benzene rings is 2. The summed E-state index contributed by atoms with van der Waals surface area (Å²) in [4.78, 5) is 42.2. The van der Waals surface area contributed by atoms with Gasteiger partial charge in [-0.05, 0) is 55.5 Å². The first-order valence-electron chi connectivity index (χ1n) is 13.0. The summed E-state index contributed by atoms with van der Waals surface area (Å²) in [6, 6.07) is 9.34. The Balaban J connectivity index is 1.52. The molecule has 2 aliphatic heterocycles. The van der Waals surface area contributed by atoms with Gasteiger partial charge in [-0.2, -0.15) is 0 Å². The van der Waals surface area contributed by atoms with Crippen LogP contribution in [0.25, 0.3) is 0 Å². The van der Waals surface area contributed by atoms with Crippen molar-refractivity contribution >= 4 is 40.9 Å². The lowest BCUT2D eigenvalue weighted by molar-refractivity contribution is -0.144. The number of hydrogen-bond acceptors (Lipinski definition) is 6. The van der Waals surface area contributed by atoms with E-state index < -0.39 is 23.9 Å². The Morgan fingerprint density at radius 3 is 2.64 bits per heavy atom. The van der Waals surface area contributed by atoms with Gasteiger partial charge in [0.15, 0.2) is 17.3 Å². The molecular weight excluding hydrogens is 548 g/mol. The summed E-state index contributed by atoms with van der Waals surface area (Å²) in [5.41, 5.74) is 7.05. The van der Waals surface area contributed by atoms with Crippen LogP contribution in [-0.2, 0) is 20.8 Å². The molecule has 3 N–H and O–H groups in total. The molecule has 0 radical (unpaired) electrons. The summed E-state index contributed by atoms with van der Waals surface area (Å²) in [7, 11) is 0. The number of carboxylic acids is 1. The summed E-state index contributed by atoms with van der Waals surface area (Å²) in [6.45, 7) is 0.867. The number of carboxylic acid groups (broad SMARTS) is 1. The molecule has 0 spiro atoms. The molecule has 2 fully saturated rings. The highest BCUT2D eigenvalue weighted by Gasteiger charge is 2.46. The molecule has 0 saturated carbocycles. The van der Waals surface area contributed by atoms with E-state index in [0.717, 1.165) is 5.56 Å². The van der Waals surface area contributed by atoms with Crippen molar-refractivity contribution in [2.45, 2.75) is 62.7 Å². The number of ether oxygens (including phenoxy) is 1. The first kappa shape index (κ1) is 29.3. The number of fused-ring (bicyclic) bond motifs is 1. The van der Waals surface area contributed by atoms with Crippen LogP contribution in [0.5, 0.6) is 5.75 Å². The van der Waals surface area contributed by atoms with Crippen molar-refractivity contribution < 1.29 is 28.6 Å². The van der Waals surface area contributed by atoms with E-state index in [9.17, 15) is 23.9 Å². The molecule has 1 unspecified atom stereocenters. The normalized spacial score (nSPS) is 22.3. The Morgan fingerprint density at radius 1 is 1.15 bits per heavy atom. The zero-order valence-electron chi connectivity index (χ0n) is 21.4. The number of amides is 1. The second-order valence-electron chi connectivity index (χ2n) is 10.1. The number of para-hydroxylation sites is 1. The second kappa shape index (κ2) is 13.1. The second-order valence-corrected chi connectivity index (χ2v) is 10.9. The van der Waals surface area contributed by atoms with Gasteiger partial charge in [0.05, 0.1) is 22.1 Å². The van der Waals surface area contributed by atoms with Crippen molar-refractivity contribution in [3.8, 4) is 5.75 Å². The number of carbonyl (C=O) groups excluding carboxylic acids is 2. The molecule has 1 amide bonds. The van der Waals surface area contributed by atoms with Crippen molar-refractivity contribution in [1.29, 1.82) is 0 Å². The molecule has 0 aliphatic carbocycles. The maximum absolute atomic E-state index is 14.1. The number of aryl methyl sites for hydroxylation is 1. The summed E-state index contributed by atoms with van der Waals surface area (Å²) < 4.78 is 19.9. The lowest BCUT2D eigenvalue weighted by Gasteiger charge is -2.32. The predicted octanol–water partition coefficient (Wildman–Crippen LogP) is 3.95. The van der Waals surface area contributed by atoms with Gasteiger partial charge < -0.3 is 20.5 Å². The minimum atomic E-state index is -1.04. The van der Waals surface area contributed by atoms with Gasteiger partial charge in [-0.1, -0.05) is 41.4 Å². The van der Waals surface area contributed by atoms with E-state index in [4.69, 9.17) is 33.7 Å². The van der Waals surface area contributed by atoms with Crippen LogP contribution in [0, 0.1) is 5.82 Å². The molecule has 39 heavy (non-hydrogen) atoms. The number of ketones is 1. The third-order valence-electron chi connectivity index (χ3n) is 7.40. The number of rotatable bonds is 11. The number of nitrogens with two attached hydrogens (primary N) is 1. The van der Waals surface area contributed by atoms with Gasteiger partial charge in [0.25, 0.3) is 0 Å². The van der Waals surface area contributed by atoms with Gasteiger partial charge in [0.1, 0.15) is 6.61 Å². The summed E-state index contributed by atoms with van der Waals surface area (Å²) in [5.74, 6) is -1.85. The lowest BCUT2D eigenvalue weighted by atomic mass is 9.97. The van der Waals surface area contributed by atoms with E-state index >= 15 is 0 Å². The van der Waals surface area contributed by atoms with Crippen molar-refractivity contribution in [2.24, 2.45) is 5.73 Å². The smallest absolute Gasteiger partial charge is 0.303 e. The standard InChI is InChI=1S/C28H32Cl2FN3O5/c29-20-7-5-17(13-21(20)30)6-9-25(35)23(8-10-27(36)37)33-12-11-19(16-39-26-4-2-1-3-22(26)31)34-15-18(32)14-24(34)28(33)38/h1-5,7,13,18-19,23-24H,6,8-12,14-16,32H2,(H,36,37)/t18-,19?,23-,24+/m1/s1. The molecule has 2 aromatic rings.